The number of ether oxygens (including phenoxy) is 1. The zero-order chi connectivity index (χ0) is 15.5. The molecular weight excluding hydrogens is 312 g/mol. The van der Waals surface area contributed by atoms with Crippen molar-refractivity contribution in [1.82, 2.24) is 4.98 Å². The number of halogens is 1. The zero-order valence-corrected chi connectivity index (χ0v) is 13.2. The number of hydrogen-bond donors (Lipinski definition) is 1. The van der Waals surface area contributed by atoms with Gasteiger partial charge in [0.05, 0.1) is 17.3 Å². The molecule has 0 amide bonds. The van der Waals surface area contributed by atoms with Crippen LogP contribution in [0.1, 0.15) is 12.5 Å². The molecule has 0 radical (unpaired) electrons. The van der Waals surface area contributed by atoms with E-state index in [0.717, 1.165) is 5.56 Å². The fraction of sp³-hybridized carbons (Fsp3) is 0.214. The number of anilines is 1. The Bertz CT molecular complexity index is 748. The lowest BCUT2D eigenvalue weighted by Crippen LogP contribution is -2.14. The number of aryl methyl sites for hydroxylation is 1. The van der Waals surface area contributed by atoms with Gasteiger partial charge in [-0.25, -0.2) is 8.42 Å². The summed E-state index contributed by atoms with van der Waals surface area (Å²) in [4.78, 5) is 3.72. The predicted molar refractivity (Wildman–Crippen MR) is 82.4 cm³/mol. The molecule has 112 valence electrons. The number of nitrogens with one attached hydrogen (secondary N) is 1. The second-order valence-corrected chi connectivity index (χ2v) is 6.40. The number of pyridine rings is 1. The van der Waals surface area contributed by atoms with E-state index in [-0.39, 0.29) is 9.92 Å². The largest absolute Gasteiger partial charge is 0.492 e. The van der Waals surface area contributed by atoms with Crippen molar-refractivity contribution < 1.29 is 13.2 Å². The van der Waals surface area contributed by atoms with Gasteiger partial charge in [0.15, 0.2) is 0 Å². The maximum atomic E-state index is 12.4. The van der Waals surface area contributed by atoms with Gasteiger partial charge in [0, 0.05) is 12.4 Å². The van der Waals surface area contributed by atoms with Gasteiger partial charge in [0.2, 0.25) is 0 Å². The van der Waals surface area contributed by atoms with Crippen LogP contribution in [0.15, 0.2) is 41.6 Å². The number of aromatic nitrogens is 1. The maximum Gasteiger partial charge on any atom is 0.265 e. The molecule has 0 fully saturated rings. The Morgan fingerprint density at radius 3 is 2.76 bits per heavy atom. The van der Waals surface area contributed by atoms with E-state index in [1.807, 2.05) is 13.8 Å². The molecule has 0 atom stereocenters. The highest BCUT2D eigenvalue weighted by Gasteiger charge is 2.20. The van der Waals surface area contributed by atoms with Gasteiger partial charge >= 0.3 is 0 Å². The summed E-state index contributed by atoms with van der Waals surface area (Å²) in [5, 5.41) is 0.113. The Morgan fingerprint density at radius 2 is 2.10 bits per heavy atom. The summed E-state index contributed by atoms with van der Waals surface area (Å²) >= 11 is 5.91. The number of hydrogen-bond acceptors (Lipinski definition) is 4. The fourth-order valence-electron chi connectivity index (χ4n) is 1.75. The van der Waals surface area contributed by atoms with Crippen LogP contribution in [0.25, 0.3) is 0 Å². The summed E-state index contributed by atoms with van der Waals surface area (Å²) < 4.78 is 32.7. The maximum absolute atomic E-state index is 12.4. The highest BCUT2D eigenvalue weighted by Crippen LogP contribution is 2.29. The highest BCUT2D eigenvalue weighted by molar-refractivity contribution is 7.92. The Balaban J connectivity index is 2.40. The quantitative estimate of drug-likeness (QED) is 0.915. The van der Waals surface area contributed by atoms with E-state index < -0.39 is 10.0 Å². The van der Waals surface area contributed by atoms with Crippen LogP contribution in [-0.4, -0.2) is 20.0 Å². The van der Waals surface area contributed by atoms with Crippen LogP contribution < -0.4 is 9.46 Å². The Hall–Kier alpha value is -1.79. The molecule has 21 heavy (non-hydrogen) atoms. The third-order valence-corrected chi connectivity index (χ3v) is 4.54. The highest BCUT2D eigenvalue weighted by atomic mass is 35.5. The van der Waals surface area contributed by atoms with Crippen LogP contribution in [0.3, 0.4) is 0 Å². The number of nitrogens with zero attached hydrogens (tertiary/aromatic N) is 1. The minimum absolute atomic E-state index is 0.0744. The lowest BCUT2D eigenvalue weighted by molar-refractivity contribution is 0.342. The van der Waals surface area contributed by atoms with Crippen LogP contribution in [0.2, 0.25) is 5.02 Å². The van der Waals surface area contributed by atoms with E-state index in [2.05, 4.69) is 9.71 Å². The van der Waals surface area contributed by atoms with Gasteiger partial charge in [-0.3, -0.25) is 9.71 Å². The molecule has 1 heterocycles. The normalized spacial score (nSPS) is 11.2. The summed E-state index contributed by atoms with van der Waals surface area (Å²) in [6, 6.07) is 6.65. The molecule has 0 spiro atoms. The van der Waals surface area contributed by atoms with E-state index in [1.54, 1.807) is 18.2 Å². The molecule has 2 rings (SSSR count). The van der Waals surface area contributed by atoms with Crippen LogP contribution >= 0.6 is 11.6 Å². The molecule has 1 aromatic carbocycles. The van der Waals surface area contributed by atoms with Crippen molar-refractivity contribution >= 4 is 27.3 Å². The fourth-order valence-corrected chi connectivity index (χ4v) is 3.25. The topological polar surface area (TPSA) is 68.3 Å². The van der Waals surface area contributed by atoms with Gasteiger partial charge < -0.3 is 4.74 Å². The summed E-state index contributed by atoms with van der Waals surface area (Å²) in [5.41, 5.74) is 1.34. The Kier molecular flexibility index (Phi) is 4.69. The van der Waals surface area contributed by atoms with Crippen molar-refractivity contribution in [2.45, 2.75) is 18.7 Å². The lowest BCUT2D eigenvalue weighted by Gasteiger charge is -2.14. The third kappa shape index (κ3) is 3.65. The molecule has 1 aromatic heterocycles. The first-order chi connectivity index (χ1) is 9.94. The first kappa shape index (κ1) is 15.6. The average Bonchev–Trinajstić information content (AvgIpc) is 2.42. The van der Waals surface area contributed by atoms with Crippen LogP contribution in [0.4, 0.5) is 5.69 Å². The molecule has 0 bridgehead atoms. The molecule has 7 heteroatoms. The van der Waals surface area contributed by atoms with Crippen molar-refractivity contribution in [1.29, 1.82) is 0 Å². The molecule has 0 aliphatic heterocycles. The van der Waals surface area contributed by atoms with E-state index in [1.165, 1.54) is 18.5 Å². The first-order valence-corrected chi connectivity index (χ1v) is 8.16. The monoisotopic (exact) mass is 326 g/mol. The molecule has 0 aliphatic rings. The second-order valence-electron chi connectivity index (χ2n) is 4.34. The smallest absolute Gasteiger partial charge is 0.265 e. The zero-order valence-electron chi connectivity index (χ0n) is 11.6. The average molecular weight is 327 g/mol. The summed E-state index contributed by atoms with van der Waals surface area (Å²) in [7, 11) is -3.82. The van der Waals surface area contributed by atoms with E-state index >= 15 is 0 Å². The van der Waals surface area contributed by atoms with Crippen molar-refractivity contribution in [3.05, 3.63) is 47.2 Å². The molecule has 2 aromatic rings. The SMILES string of the molecule is CCOc1cc(C)ccc1NS(=O)(=O)c1cnccc1Cl. The first-order valence-electron chi connectivity index (χ1n) is 6.30. The predicted octanol–water partition coefficient (Wildman–Crippen LogP) is 3.24. The van der Waals surface area contributed by atoms with E-state index in [0.29, 0.717) is 18.0 Å². The summed E-state index contributed by atoms with van der Waals surface area (Å²) in [5.74, 6) is 0.473. The van der Waals surface area contributed by atoms with Crippen molar-refractivity contribution in [3.8, 4) is 5.75 Å². The van der Waals surface area contributed by atoms with Gasteiger partial charge in [-0.05, 0) is 37.6 Å². The van der Waals surface area contributed by atoms with Crippen molar-refractivity contribution in [3.63, 3.8) is 0 Å². The van der Waals surface area contributed by atoms with Crippen LogP contribution in [-0.2, 0) is 10.0 Å². The van der Waals surface area contributed by atoms with Crippen LogP contribution in [0.5, 0.6) is 5.75 Å². The second kappa shape index (κ2) is 6.32. The summed E-state index contributed by atoms with van der Waals surface area (Å²) in [6.07, 6.45) is 2.64. The minimum Gasteiger partial charge on any atom is -0.492 e. The molecular formula is C14H15ClN2O3S. The molecule has 1 N–H and O–H groups in total. The van der Waals surface area contributed by atoms with Gasteiger partial charge in [-0.15, -0.1) is 0 Å². The summed E-state index contributed by atoms with van der Waals surface area (Å²) in [6.45, 7) is 4.17. The third-order valence-electron chi connectivity index (χ3n) is 2.70. The lowest BCUT2D eigenvalue weighted by atomic mass is 10.2. The Morgan fingerprint density at radius 1 is 1.33 bits per heavy atom. The molecule has 0 aliphatic carbocycles. The molecule has 5 nitrogen and oxygen atoms in total. The van der Waals surface area contributed by atoms with Crippen molar-refractivity contribution in [2.75, 3.05) is 11.3 Å². The van der Waals surface area contributed by atoms with E-state index in [9.17, 15) is 8.42 Å². The van der Waals surface area contributed by atoms with Gasteiger partial charge in [-0.2, -0.15) is 0 Å². The standard InChI is InChI=1S/C14H15ClN2O3S/c1-3-20-13-8-10(2)4-5-12(13)17-21(18,19)14-9-16-7-6-11(14)15/h4-9,17H,3H2,1-2H3. The van der Waals surface area contributed by atoms with Crippen molar-refractivity contribution in [2.24, 2.45) is 0 Å². The molecule has 0 saturated heterocycles. The molecule has 0 unspecified atom stereocenters. The van der Waals surface area contributed by atoms with Gasteiger partial charge in [-0.1, -0.05) is 17.7 Å². The Labute approximate surface area is 129 Å². The van der Waals surface area contributed by atoms with E-state index in [4.69, 9.17) is 16.3 Å². The number of benzene rings is 1. The van der Waals surface area contributed by atoms with Gasteiger partial charge in [0.25, 0.3) is 10.0 Å². The number of rotatable bonds is 5. The van der Waals surface area contributed by atoms with Gasteiger partial charge in [0.1, 0.15) is 10.6 Å². The molecule has 0 saturated carbocycles. The van der Waals surface area contributed by atoms with Crippen LogP contribution in [0, 0.1) is 6.92 Å². The minimum atomic E-state index is -3.82. The number of sulfonamides is 1.